The molecule has 24 heavy (non-hydrogen) atoms. The second kappa shape index (κ2) is 7.70. The normalized spacial score (nSPS) is 21.4. The smallest absolute Gasteiger partial charge is 0.315 e. The van der Waals surface area contributed by atoms with E-state index in [9.17, 15) is 4.79 Å². The first-order chi connectivity index (χ1) is 11.6. The molecule has 0 spiro atoms. The number of benzene rings is 1. The van der Waals surface area contributed by atoms with Crippen LogP contribution < -0.4 is 10.6 Å². The summed E-state index contributed by atoms with van der Waals surface area (Å²) in [6, 6.07) is 9.63. The van der Waals surface area contributed by atoms with Gasteiger partial charge in [-0.3, -0.25) is 4.68 Å². The highest BCUT2D eigenvalue weighted by molar-refractivity contribution is 8.00. The molecule has 1 aliphatic rings. The molecule has 6 nitrogen and oxygen atoms in total. The number of amides is 2. The Bertz CT molecular complexity index is 640. The molecule has 7 heteroatoms. The zero-order valence-corrected chi connectivity index (χ0v) is 14.6. The molecule has 0 aliphatic carbocycles. The second-order valence-electron chi connectivity index (χ2n) is 6.31. The summed E-state index contributed by atoms with van der Waals surface area (Å²) in [7, 11) is 0. The van der Waals surface area contributed by atoms with Crippen LogP contribution in [-0.2, 0) is 6.54 Å². The lowest BCUT2D eigenvalue weighted by Crippen LogP contribution is -2.44. The number of urea groups is 1. The fourth-order valence-corrected chi connectivity index (χ4v) is 4.13. The van der Waals surface area contributed by atoms with Gasteiger partial charge in [-0.2, -0.15) is 16.9 Å². The van der Waals surface area contributed by atoms with Crippen molar-refractivity contribution < 1.29 is 4.79 Å². The molecule has 0 unspecified atom stereocenters. The van der Waals surface area contributed by atoms with E-state index in [4.69, 9.17) is 0 Å². The molecular formula is C17H23N5OS. The van der Waals surface area contributed by atoms with E-state index in [-0.39, 0.29) is 16.8 Å². The zero-order valence-electron chi connectivity index (χ0n) is 13.8. The van der Waals surface area contributed by atoms with Gasteiger partial charge in [-0.25, -0.2) is 9.78 Å². The van der Waals surface area contributed by atoms with Crippen molar-refractivity contribution in [3.63, 3.8) is 0 Å². The van der Waals surface area contributed by atoms with Gasteiger partial charge in [-0.1, -0.05) is 30.3 Å². The van der Waals surface area contributed by atoms with Gasteiger partial charge in [0.2, 0.25) is 0 Å². The molecule has 3 rings (SSSR count). The van der Waals surface area contributed by atoms with Crippen molar-refractivity contribution >= 4 is 17.8 Å². The summed E-state index contributed by atoms with van der Waals surface area (Å²) >= 11 is 1.94. The number of rotatable bonds is 6. The SMILES string of the molecule is C[C@@]1(CNC(=O)N[C@H](Cn2cncn2)c2ccccc2)CCCS1. The summed E-state index contributed by atoms with van der Waals surface area (Å²) < 4.78 is 1.89. The van der Waals surface area contributed by atoms with Crippen LogP contribution in [0.3, 0.4) is 0 Å². The maximum atomic E-state index is 12.4. The van der Waals surface area contributed by atoms with Gasteiger partial charge in [0.1, 0.15) is 12.7 Å². The molecule has 1 aromatic carbocycles. The number of hydrogen-bond donors (Lipinski definition) is 2. The number of carbonyl (C=O) groups excluding carboxylic acids is 1. The van der Waals surface area contributed by atoms with E-state index in [1.54, 1.807) is 11.0 Å². The quantitative estimate of drug-likeness (QED) is 0.844. The molecule has 1 aromatic heterocycles. The fourth-order valence-electron chi connectivity index (χ4n) is 2.89. The van der Waals surface area contributed by atoms with E-state index in [0.717, 1.165) is 12.0 Å². The van der Waals surface area contributed by atoms with Gasteiger partial charge in [0.25, 0.3) is 0 Å². The Morgan fingerprint density at radius 1 is 1.42 bits per heavy atom. The summed E-state index contributed by atoms with van der Waals surface area (Å²) in [5.74, 6) is 1.18. The highest BCUT2D eigenvalue weighted by Crippen LogP contribution is 2.36. The third-order valence-corrected chi connectivity index (χ3v) is 5.81. The zero-order chi connectivity index (χ0) is 16.8. The first-order valence-corrected chi connectivity index (χ1v) is 9.19. The standard InChI is InChI=1S/C17H23N5OS/c1-17(8-5-9-24-17)11-19-16(23)21-15(10-22-13-18-12-20-22)14-6-3-2-4-7-14/h2-4,6-7,12-13,15H,5,8-11H2,1H3,(H2,19,21,23)/t15-,17+/m1/s1. The van der Waals surface area contributed by atoms with E-state index < -0.39 is 0 Å². The summed E-state index contributed by atoms with van der Waals surface area (Å²) in [6.07, 6.45) is 5.54. The largest absolute Gasteiger partial charge is 0.337 e. The highest BCUT2D eigenvalue weighted by Gasteiger charge is 2.30. The van der Waals surface area contributed by atoms with Crippen LogP contribution in [0.4, 0.5) is 4.79 Å². The summed E-state index contributed by atoms with van der Waals surface area (Å²) in [5, 5.41) is 10.2. The Morgan fingerprint density at radius 3 is 2.92 bits per heavy atom. The second-order valence-corrected chi connectivity index (χ2v) is 7.99. The van der Waals surface area contributed by atoms with Gasteiger partial charge in [-0.15, -0.1) is 0 Å². The number of carbonyl (C=O) groups is 1. The number of thioether (sulfide) groups is 1. The molecule has 1 fully saturated rings. The molecule has 128 valence electrons. The Labute approximate surface area is 146 Å². The third kappa shape index (κ3) is 4.50. The first kappa shape index (κ1) is 16.8. The van der Waals surface area contributed by atoms with Gasteiger partial charge >= 0.3 is 6.03 Å². The fraction of sp³-hybridized carbons (Fsp3) is 0.471. The molecule has 0 saturated carbocycles. The van der Waals surface area contributed by atoms with Crippen molar-refractivity contribution in [1.29, 1.82) is 0 Å². The molecular weight excluding hydrogens is 322 g/mol. The minimum atomic E-state index is -0.156. The maximum absolute atomic E-state index is 12.4. The number of aromatic nitrogens is 3. The van der Waals surface area contributed by atoms with E-state index >= 15 is 0 Å². The monoisotopic (exact) mass is 345 g/mol. The average molecular weight is 345 g/mol. The summed E-state index contributed by atoms with van der Waals surface area (Å²) in [4.78, 5) is 16.3. The first-order valence-electron chi connectivity index (χ1n) is 8.20. The molecule has 2 atom stereocenters. The van der Waals surface area contributed by atoms with Crippen LogP contribution in [0.25, 0.3) is 0 Å². The van der Waals surface area contributed by atoms with Gasteiger partial charge in [0, 0.05) is 11.3 Å². The predicted octanol–water partition coefficient (Wildman–Crippen LogP) is 2.60. The van der Waals surface area contributed by atoms with Crippen molar-refractivity contribution in [2.45, 2.75) is 37.1 Å². The molecule has 2 N–H and O–H groups in total. The molecule has 1 saturated heterocycles. The molecule has 2 heterocycles. The lowest BCUT2D eigenvalue weighted by atomic mass is 10.1. The van der Waals surface area contributed by atoms with Crippen molar-refractivity contribution in [3.05, 3.63) is 48.5 Å². The van der Waals surface area contributed by atoms with E-state index in [2.05, 4.69) is 27.6 Å². The van der Waals surface area contributed by atoms with Crippen LogP contribution in [0.2, 0.25) is 0 Å². The molecule has 2 aromatic rings. The Kier molecular flexibility index (Phi) is 5.40. The Balaban J connectivity index is 1.61. The minimum Gasteiger partial charge on any atom is -0.337 e. The average Bonchev–Trinajstić information content (AvgIpc) is 3.26. The summed E-state index contributed by atoms with van der Waals surface area (Å²) in [6.45, 7) is 3.45. The third-order valence-electron chi connectivity index (χ3n) is 4.27. The van der Waals surface area contributed by atoms with Crippen molar-refractivity contribution in [1.82, 2.24) is 25.4 Å². The number of hydrogen-bond acceptors (Lipinski definition) is 4. The van der Waals surface area contributed by atoms with Gasteiger partial charge in [0.15, 0.2) is 0 Å². The van der Waals surface area contributed by atoms with Crippen LogP contribution in [0.1, 0.15) is 31.4 Å². The van der Waals surface area contributed by atoms with Crippen molar-refractivity contribution in [2.24, 2.45) is 0 Å². The predicted molar refractivity (Wildman–Crippen MR) is 95.8 cm³/mol. The van der Waals surface area contributed by atoms with Gasteiger partial charge < -0.3 is 10.6 Å². The van der Waals surface area contributed by atoms with Crippen LogP contribution in [-0.4, -0.2) is 37.8 Å². The van der Waals surface area contributed by atoms with Crippen LogP contribution in [0.5, 0.6) is 0 Å². The highest BCUT2D eigenvalue weighted by atomic mass is 32.2. The molecule has 2 amide bonds. The van der Waals surface area contributed by atoms with Crippen molar-refractivity contribution in [2.75, 3.05) is 12.3 Å². The van der Waals surface area contributed by atoms with Crippen LogP contribution in [0.15, 0.2) is 43.0 Å². The van der Waals surface area contributed by atoms with E-state index in [1.165, 1.54) is 18.5 Å². The number of nitrogens with one attached hydrogen (secondary N) is 2. The van der Waals surface area contributed by atoms with Gasteiger partial charge in [-0.05, 0) is 31.1 Å². The van der Waals surface area contributed by atoms with E-state index in [1.807, 2.05) is 42.1 Å². The summed E-state index contributed by atoms with van der Waals surface area (Å²) in [5.41, 5.74) is 1.05. The molecule has 0 bridgehead atoms. The lowest BCUT2D eigenvalue weighted by molar-refractivity contribution is 0.234. The van der Waals surface area contributed by atoms with Gasteiger partial charge in [0.05, 0.1) is 12.6 Å². The Hall–Kier alpha value is -2.02. The van der Waals surface area contributed by atoms with Crippen LogP contribution in [0, 0.1) is 0 Å². The molecule has 0 radical (unpaired) electrons. The minimum absolute atomic E-state index is 0.141. The Morgan fingerprint density at radius 2 is 2.25 bits per heavy atom. The van der Waals surface area contributed by atoms with Crippen molar-refractivity contribution in [3.8, 4) is 0 Å². The van der Waals surface area contributed by atoms with E-state index in [0.29, 0.717) is 13.1 Å². The molecule has 1 aliphatic heterocycles. The van der Waals surface area contributed by atoms with Crippen LogP contribution >= 0.6 is 11.8 Å². The number of nitrogens with zero attached hydrogens (tertiary/aromatic N) is 3. The maximum Gasteiger partial charge on any atom is 0.315 e. The lowest BCUT2D eigenvalue weighted by Gasteiger charge is -2.25. The topological polar surface area (TPSA) is 71.8 Å².